The van der Waals surface area contributed by atoms with Crippen molar-refractivity contribution in [1.82, 2.24) is 35.0 Å². The Balaban J connectivity index is 1.40. The molecule has 2 aromatic heterocycles. The molecule has 2 aliphatic rings. The molecule has 4 N–H and O–H groups in total. The van der Waals surface area contributed by atoms with Gasteiger partial charge in [0.2, 0.25) is 11.8 Å². The fourth-order valence-corrected chi connectivity index (χ4v) is 8.01. The van der Waals surface area contributed by atoms with Crippen LogP contribution in [-0.4, -0.2) is 102 Å². The highest BCUT2D eigenvalue weighted by Crippen LogP contribution is 2.37. The molecule has 0 spiro atoms. The van der Waals surface area contributed by atoms with Gasteiger partial charge in [0.1, 0.15) is 35.5 Å². The van der Waals surface area contributed by atoms with Crippen molar-refractivity contribution >= 4 is 45.9 Å². The number of amides is 4. The van der Waals surface area contributed by atoms with E-state index in [1.54, 1.807) is 58.6 Å². The zero-order valence-electron chi connectivity index (χ0n) is 32.5. The number of H-pyrrole nitrogens is 1. The minimum atomic E-state index is -1.34. The number of nitrogens with zero attached hydrogens (tertiary/aromatic N) is 4. The number of carboxylic acid groups (broad SMARTS) is 1. The van der Waals surface area contributed by atoms with Crippen molar-refractivity contribution in [3.63, 3.8) is 0 Å². The number of aromatic amines is 1. The Morgan fingerprint density at radius 2 is 1.73 bits per heavy atom. The van der Waals surface area contributed by atoms with Crippen molar-refractivity contribution < 1.29 is 42.2 Å². The van der Waals surface area contributed by atoms with Crippen molar-refractivity contribution in [1.29, 1.82) is 0 Å². The quantitative estimate of drug-likeness (QED) is 0.135. The molecule has 0 saturated carbocycles. The highest BCUT2D eigenvalue weighted by atomic mass is 19.1. The largest absolute Gasteiger partial charge is 0.465 e. The Hall–Kier alpha value is -5.28. The molecule has 56 heavy (non-hydrogen) atoms. The van der Waals surface area contributed by atoms with E-state index < -0.39 is 59.6 Å². The van der Waals surface area contributed by atoms with Gasteiger partial charge in [0.25, 0.3) is 0 Å². The van der Waals surface area contributed by atoms with Gasteiger partial charge in [0.15, 0.2) is 5.82 Å². The number of rotatable bonds is 11. The summed E-state index contributed by atoms with van der Waals surface area (Å²) in [6.07, 6.45) is -1.71. The van der Waals surface area contributed by atoms with E-state index in [4.69, 9.17) is 9.72 Å². The Morgan fingerprint density at radius 1 is 1.02 bits per heavy atom. The molecule has 0 aliphatic carbocycles. The normalized spacial score (nSPS) is 19.9. The molecule has 2 saturated heterocycles. The lowest BCUT2D eigenvalue weighted by Crippen LogP contribution is -2.52. The van der Waals surface area contributed by atoms with Gasteiger partial charge < -0.3 is 39.8 Å². The van der Waals surface area contributed by atoms with Crippen LogP contribution in [-0.2, 0) is 27.3 Å². The average Bonchev–Trinajstić information content (AvgIpc) is 3.89. The summed E-state index contributed by atoms with van der Waals surface area (Å²) in [6, 6.07) is 5.52. The first-order chi connectivity index (χ1) is 26.4. The maximum absolute atomic E-state index is 15.3. The van der Waals surface area contributed by atoms with Gasteiger partial charge >= 0.3 is 12.2 Å². The second-order valence-corrected chi connectivity index (χ2v) is 16.1. The number of hydrogen-bond acceptors (Lipinski definition) is 6. The maximum Gasteiger partial charge on any atom is 0.408 e. The molecule has 5 atom stereocenters. The molecule has 0 bridgehead atoms. The summed E-state index contributed by atoms with van der Waals surface area (Å²) in [4.78, 5) is 63.3. The molecule has 2 fully saturated rings. The third kappa shape index (κ3) is 8.58. The van der Waals surface area contributed by atoms with Crippen molar-refractivity contribution in [2.75, 3.05) is 13.1 Å². The van der Waals surface area contributed by atoms with Crippen LogP contribution < -0.4 is 10.6 Å². The Bertz CT molecular complexity index is 2130. The number of alkyl halides is 1. The maximum atomic E-state index is 15.3. The number of benzene rings is 2. The number of carbonyl (C=O) groups is 4. The van der Waals surface area contributed by atoms with Crippen molar-refractivity contribution in [2.24, 2.45) is 5.92 Å². The lowest BCUT2D eigenvalue weighted by molar-refractivity contribution is -0.135. The molecule has 302 valence electrons. The number of likely N-dealkylation sites (tertiary alicyclic amines) is 2. The summed E-state index contributed by atoms with van der Waals surface area (Å²) in [7, 11) is 0. The standard InChI is InChI=1S/C40H50F3N7O6/c1-7-29(46-39(55)56-40(4,5)6)36(51)49-19-24(43)15-26(49)18-28-27-12-10-22(41)16-30(27)44-34(28)35-45-31-17-23(42)11-13-32(31)50(35)20-25-9-8-14-48(25)37(52)33(21(2)3)47-38(53)54/h10-13,16-17,21,24-26,29,33,44,47H,7-9,14-15,18-20H2,1-6H3,(H,46,55)(H,53,54)/t24-,25?,26-,29?,33?/m0/s1. The van der Waals surface area contributed by atoms with Crippen LogP contribution in [0, 0.1) is 17.6 Å². The number of fused-ring (bicyclic) bond motifs is 2. The molecule has 2 aromatic carbocycles. The minimum Gasteiger partial charge on any atom is -0.465 e. The Morgan fingerprint density at radius 3 is 2.41 bits per heavy atom. The predicted octanol–water partition coefficient (Wildman–Crippen LogP) is 6.53. The first-order valence-corrected chi connectivity index (χ1v) is 19.1. The van der Waals surface area contributed by atoms with Gasteiger partial charge in [0.05, 0.1) is 23.3 Å². The number of alkyl carbamates (subject to hydrolysis) is 1. The molecule has 4 heterocycles. The van der Waals surface area contributed by atoms with Gasteiger partial charge in [-0.3, -0.25) is 9.59 Å². The topological polar surface area (TPSA) is 162 Å². The second-order valence-electron chi connectivity index (χ2n) is 16.1. The minimum absolute atomic E-state index is 0.0179. The third-order valence-corrected chi connectivity index (χ3v) is 10.6. The molecule has 13 nitrogen and oxygen atoms in total. The first kappa shape index (κ1) is 40.4. The van der Waals surface area contributed by atoms with Crippen LogP contribution in [0.5, 0.6) is 0 Å². The molecule has 4 aromatic rings. The van der Waals surface area contributed by atoms with Crippen LogP contribution >= 0.6 is 0 Å². The van der Waals surface area contributed by atoms with Crippen molar-refractivity contribution in [2.45, 2.75) is 116 Å². The number of carbonyl (C=O) groups excluding carboxylic acids is 3. The van der Waals surface area contributed by atoms with E-state index in [2.05, 4.69) is 15.6 Å². The SMILES string of the molecule is CCC(NC(=O)OC(C)(C)C)C(=O)N1C[C@@H](F)C[C@H]1Cc1c(-c2nc3cc(F)ccc3n2CC2CCCN2C(=O)C(NC(=O)O)C(C)C)[nH]c2cc(F)ccc12. The van der Waals surface area contributed by atoms with Crippen LogP contribution in [0.15, 0.2) is 36.4 Å². The monoisotopic (exact) mass is 781 g/mol. The van der Waals surface area contributed by atoms with Crippen molar-refractivity contribution in [3.8, 4) is 11.5 Å². The van der Waals surface area contributed by atoms with Gasteiger partial charge in [-0.2, -0.15) is 0 Å². The van der Waals surface area contributed by atoms with Gasteiger partial charge in [0, 0.05) is 48.6 Å². The van der Waals surface area contributed by atoms with Crippen LogP contribution in [0.3, 0.4) is 0 Å². The van der Waals surface area contributed by atoms with E-state index in [1.807, 2.05) is 4.57 Å². The van der Waals surface area contributed by atoms with Gasteiger partial charge in [-0.25, -0.2) is 27.7 Å². The van der Waals surface area contributed by atoms with E-state index >= 15 is 4.39 Å². The Kier molecular flexibility index (Phi) is 11.6. The highest BCUT2D eigenvalue weighted by molar-refractivity contribution is 5.92. The summed E-state index contributed by atoms with van der Waals surface area (Å²) >= 11 is 0. The smallest absolute Gasteiger partial charge is 0.408 e. The van der Waals surface area contributed by atoms with Gasteiger partial charge in [-0.15, -0.1) is 0 Å². The van der Waals surface area contributed by atoms with E-state index in [-0.39, 0.29) is 50.2 Å². The number of halogens is 3. The Labute approximate surface area is 322 Å². The van der Waals surface area contributed by atoms with Gasteiger partial charge in [-0.1, -0.05) is 20.8 Å². The molecule has 2 aliphatic heterocycles. The first-order valence-electron chi connectivity index (χ1n) is 19.1. The van der Waals surface area contributed by atoms with Crippen LogP contribution in [0.2, 0.25) is 0 Å². The number of nitrogens with one attached hydrogen (secondary N) is 3. The van der Waals surface area contributed by atoms with Crippen LogP contribution in [0.25, 0.3) is 33.5 Å². The van der Waals surface area contributed by atoms with Crippen molar-refractivity contribution in [3.05, 3.63) is 53.6 Å². The number of imidazole rings is 1. The lowest BCUT2D eigenvalue weighted by Gasteiger charge is -2.31. The van der Waals surface area contributed by atoms with Crippen LogP contribution in [0.4, 0.5) is 22.8 Å². The van der Waals surface area contributed by atoms with E-state index in [1.165, 1.54) is 29.2 Å². The highest BCUT2D eigenvalue weighted by Gasteiger charge is 2.40. The zero-order chi connectivity index (χ0) is 40.6. The molecule has 0 radical (unpaired) electrons. The van der Waals surface area contributed by atoms with Gasteiger partial charge in [-0.05, 0) is 88.3 Å². The average molecular weight is 782 g/mol. The summed E-state index contributed by atoms with van der Waals surface area (Å²) in [5.74, 6) is -1.75. The van der Waals surface area contributed by atoms with E-state index in [0.717, 1.165) is 0 Å². The molecule has 6 rings (SSSR count). The summed E-state index contributed by atoms with van der Waals surface area (Å²) in [6.45, 7) is 10.9. The summed E-state index contributed by atoms with van der Waals surface area (Å²) < 4.78 is 52.0. The lowest BCUT2D eigenvalue weighted by atomic mass is 9.99. The fourth-order valence-electron chi connectivity index (χ4n) is 8.01. The predicted molar refractivity (Wildman–Crippen MR) is 204 cm³/mol. The molecular formula is C40H50F3N7O6. The molecule has 4 amide bonds. The van der Waals surface area contributed by atoms with E-state index in [9.17, 15) is 33.1 Å². The van der Waals surface area contributed by atoms with E-state index in [0.29, 0.717) is 58.4 Å². The molecular weight excluding hydrogens is 731 g/mol. The van der Waals surface area contributed by atoms with Crippen LogP contribution in [0.1, 0.15) is 72.8 Å². The number of hydrogen-bond donors (Lipinski definition) is 4. The fraction of sp³-hybridized carbons (Fsp3) is 0.525. The second kappa shape index (κ2) is 16.1. The third-order valence-electron chi connectivity index (χ3n) is 10.6. The molecule has 16 heteroatoms. The number of aromatic nitrogens is 3. The zero-order valence-corrected chi connectivity index (χ0v) is 32.5. The summed E-state index contributed by atoms with van der Waals surface area (Å²) in [5.41, 5.74) is 1.63. The number of ether oxygens (including phenoxy) is 1. The molecule has 3 unspecified atom stereocenters. The summed E-state index contributed by atoms with van der Waals surface area (Å²) in [5, 5.41) is 15.1.